The van der Waals surface area contributed by atoms with Crippen LogP contribution in [0, 0.1) is 0 Å². The second-order valence-electron chi connectivity index (χ2n) is 20.2. The molecule has 0 bridgehead atoms. The summed E-state index contributed by atoms with van der Waals surface area (Å²) in [6.07, 6.45) is 0. The van der Waals surface area contributed by atoms with E-state index in [0.717, 1.165) is 5.69 Å². The molecule has 1 aliphatic carbocycles. The Labute approximate surface area is 420 Å². The van der Waals surface area contributed by atoms with E-state index in [1.807, 2.05) is 0 Å². The van der Waals surface area contributed by atoms with Crippen LogP contribution in [-0.2, 0) is 0 Å². The fraction of sp³-hybridized carbons (Fsp3) is 0. The maximum absolute atomic E-state index is 2.57. The lowest BCUT2D eigenvalue weighted by atomic mass is 9.76. The third-order valence-corrected chi connectivity index (χ3v) is 16.7. The Hall–Kier alpha value is -9.56. The van der Waals surface area contributed by atoms with Gasteiger partial charge < -0.3 is 4.57 Å². The number of benzene rings is 15. The molecule has 0 radical (unpaired) electrons. The van der Waals surface area contributed by atoms with Crippen LogP contribution in [0.3, 0.4) is 0 Å². The van der Waals surface area contributed by atoms with Crippen molar-refractivity contribution < 1.29 is 0 Å². The average molecular weight is 920 g/mol. The monoisotopic (exact) mass is 919 g/mol. The molecule has 0 spiro atoms. The van der Waals surface area contributed by atoms with Crippen molar-refractivity contribution in [1.29, 1.82) is 0 Å². The van der Waals surface area contributed by atoms with Gasteiger partial charge in [0, 0.05) is 16.3 Å². The Morgan fingerprint density at radius 2 is 0.397 bits per heavy atom. The highest BCUT2D eigenvalue weighted by atomic mass is 15.0. The van der Waals surface area contributed by atoms with E-state index in [-0.39, 0.29) is 0 Å². The number of nitrogens with zero attached hydrogens (tertiary/aromatic N) is 1. The summed E-state index contributed by atoms with van der Waals surface area (Å²) < 4.78 is 2.54. The predicted octanol–water partition coefficient (Wildman–Crippen LogP) is 20.1. The predicted molar refractivity (Wildman–Crippen MR) is 314 cm³/mol. The fourth-order valence-corrected chi connectivity index (χ4v) is 13.6. The van der Waals surface area contributed by atoms with E-state index in [4.69, 9.17) is 0 Å². The first-order valence-electron chi connectivity index (χ1n) is 25.5. The van der Waals surface area contributed by atoms with Gasteiger partial charge in [-0.1, -0.05) is 194 Å². The molecule has 0 aliphatic heterocycles. The van der Waals surface area contributed by atoms with E-state index in [0.29, 0.717) is 0 Å². The second kappa shape index (κ2) is 14.5. The minimum absolute atomic E-state index is 1.16. The summed E-state index contributed by atoms with van der Waals surface area (Å²) in [5.74, 6) is 0. The van der Waals surface area contributed by atoms with Gasteiger partial charge in [-0.05, 0) is 190 Å². The van der Waals surface area contributed by atoms with E-state index in [2.05, 4.69) is 253 Å². The maximum atomic E-state index is 2.57. The zero-order valence-electron chi connectivity index (χ0n) is 39.6. The molecule has 0 saturated heterocycles. The molecule has 334 valence electrons. The Morgan fingerprint density at radius 3 is 0.712 bits per heavy atom. The molecule has 1 aromatic heterocycles. The molecule has 0 atom stereocenters. The van der Waals surface area contributed by atoms with Gasteiger partial charge in [-0.25, -0.2) is 0 Å². The van der Waals surface area contributed by atoms with Gasteiger partial charge in [0.15, 0.2) is 0 Å². The number of hydrogen-bond acceptors (Lipinski definition) is 0. The van der Waals surface area contributed by atoms with Gasteiger partial charge in [-0.2, -0.15) is 0 Å². The van der Waals surface area contributed by atoms with Crippen LogP contribution in [-0.4, -0.2) is 4.57 Å². The number of rotatable bonds is 1. The molecule has 15 aromatic carbocycles. The van der Waals surface area contributed by atoms with Crippen LogP contribution in [0.5, 0.6) is 0 Å². The van der Waals surface area contributed by atoms with Crippen LogP contribution in [0.15, 0.2) is 249 Å². The smallest absolute Gasteiger partial charge is 0.0547 e. The van der Waals surface area contributed by atoms with Crippen LogP contribution in [0.25, 0.3) is 169 Å². The van der Waals surface area contributed by atoms with Gasteiger partial charge in [0.2, 0.25) is 0 Å². The first kappa shape index (κ1) is 39.2. The summed E-state index contributed by atoms with van der Waals surface area (Å²) >= 11 is 0. The van der Waals surface area contributed by atoms with E-state index < -0.39 is 0 Å². The second-order valence-corrected chi connectivity index (χ2v) is 20.2. The molecule has 0 fully saturated rings. The molecule has 1 heterocycles. The van der Waals surface area contributed by atoms with Gasteiger partial charge >= 0.3 is 0 Å². The summed E-state index contributed by atoms with van der Waals surface area (Å²) in [6.45, 7) is 0. The minimum atomic E-state index is 1.16. The van der Waals surface area contributed by atoms with Crippen LogP contribution >= 0.6 is 0 Å². The Kier molecular flexibility index (Phi) is 7.79. The van der Waals surface area contributed by atoms with Crippen molar-refractivity contribution >= 4 is 119 Å². The van der Waals surface area contributed by atoms with Gasteiger partial charge in [0.1, 0.15) is 0 Å². The van der Waals surface area contributed by atoms with Crippen LogP contribution < -0.4 is 0 Å². The molecule has 0 N–H and O–H groups in total. The fourth-order valence-electron chi connectivity index (χ4n) is 13.6. The van der Waals surface area contributed by atoms with Crippen molar-refractivity contribution in [2.75, 3.05) is 0 Å². The number of hydrogen-bond donors (Lipinski definition) is 0. The zero-order valence-corrected chi connectivity index (χ0v) is 39.6. The van der Waals surface area contributed by atoms with Crippen molar-refractivity contribution in [1.82, 2.24) is 4.57 Å². The molecule has 1 heteroatoms. The molecule has 17 rings (SSSR count). The summed E-state index contributed by atoms with van der Waals surface area (Å²) in [4.78, 5) is 0. The van der Waals surface area contributed by atoms with E-state index >= 15 is 0 Å². The third kappa shape index (κ3) is 5.25. The van der Waals surface area contributed by atoms with Crippen molar-refractivity contribution in [3.05, 3.63) is 249 Å². The normalized spacial score (nSPS) is 12.4. The average Bonchev–Trinajstić information content (AvgIpc) is 3.81. The van der Waals surface area contributed by atoms with E-state index in [1.165, 1.54) is 163 Å². The van der Waals surface area contributed by atoms with Gasteiger partial charge in [0.05, 0.1) is 16.7 Å². The molecule has 0 unspecified atom stereocenters. The number of aromatic nitrogens is 1. The van der Waals surface area contributed by atoms with Gasteiger partial charge in [-0.15, -0.1) is 0 Å². The van der Waals surface area contributed by atoms with Crippen LogP contribution in [0.4, 0.5) is 0 Å². The minimum Gasteiger partial charge on any atom is -0.309 e. The van der Waals surface area contributed by atoms with Crippen molar-refractivity contribution in [2.24, 2.45) is 0 Å². The molecular formula is C72H41N. The van der Waals surface area contributed by atoms with E-state index in [9.17, 15) is 0 Å². The van der Waals surface area contributed by atoms with Gasteiger partial charge in [0.25, 0.3) is 0 Å². The first-order valence-corrected chi connectivity index (χ1v) is 25.5. The molecule has 1 nitrogen and oxygen atoms in total. The topological polar surface area (TPSA) is 4.93 Å². The highest BCUT2D eigenvalue weighted by molar-refractivity contribution is 6.32. The molecule has 73 heavy (non-hydrogen) atoms. The van der Waals surface area contributed by atoms with Crippen molar-refractivity contribution in [2.45, 2.75) is 0 Å². The Balaban J connectivity index is 1.15. The third-order valence-electron chi connectivity index (χ3n) is 16.7. The molecule has 0 saturated carbocycles. The molecule has 1 aliphatic rings. The lowest BCUT2D eigenvalue weighted by molar-refractivity contribution is 1.18. The van der Waals surface area contributed by atoms with Crippen molar-refractivity contribution in [3.8, 4) is 50.2 Å². The quantitative estimate of drug-likeness (QED) is 0.145. The lowest BCUT2D eigenvalue weighted by Gasteiger charge is -2.28. The molecular weight excluding hydrogens is 879 g/mol. The number of para-hydroxylation sites is 2. The molecule has 16 aromatic rings. The summed E-state index contributed by atoms with van der Waals surface area (Å²) in [7, 11) is 0. The highest BCUT2D eigenvalue weighted by Gasteiger charge is 2.29. The summed E-state index contributed by atoms with van der Waals surface area (Å²) in [6, 6.07) is 94.5. The van der Waals surface area contributed by atoms with Gasteiger partial charge in [-0.3, -0.25) is 0 Å². The Morgan fingerprint density at radius 1 is 0.164 bits per heavy atom. The van der Waals surface area contributed by atoms with Crippen molar-refractivity contribution in [3.63, 3.8) is 0 Å². The molecule has 0 amide bonds. The van der Waals surface area contributed by atoms with Crippen LogP contribution in [0.1, 0.15) is 0 Å². The zero-order chi connectivity index (χ0) is 47.5. The highest BCUT2D eigenvalue weighted by Crippen LogP contribution is 2.55. The maximum Gasteiger partial charge on any atom is 0.0547 e. The van der Waals surface area contributed by atoms with E-state index in [1.54, 1.807) is 0 Å². The standard InChI is InChI=1S/C72H41N/c1-7-24-48-42(18-1)43-19-2-8-25-49(43)58-37-64-63(36-57(48)58)56-32-17-35-71(73-69-33-15-13-30-54(69)55-31-14-16-34-70(55)73)72(56)68-41-62-53-29-12-6-23-47(53)46-22-5-11-28-52(46)61(62)40-67(68)66-39-60-51-27-10-4-21-45(51)44-20-3-9-26-50(44)59(60)38-65(64)66/h1-41H. The van der Waals surface area contributed by atoms with Crippen LogP contribution in [0.2, 0.25) is 0 Å². The SMILES string of the molecule is c1cc2c(c(-n3c4ccccc4c4ccccc43)c1)-c1cc3c4ccccc4c4ccccc4c3cc1-c1cc3c4ccccc4c4ccccc4c3cc1-c1cc3c4ccccc4c4ccccc4c3cc1-2. The largest absolute Gasteiger partial charge is 0.309 e. The lowest BCUT2D eigenvalue weighted by Crippen LogP contribution is -2.04. The Bertz CT molecular complexity index is 5090. The summed E-state index contributed by atoms with van der Waals surface area (Å²) in [5.41, 5.74) is 13.4. The summed E-state index contributed by atoms with van der Waals surface area (Å²) in [5, 5.41) is 25.3. The first-order chi connectivity index (χ1) is 36.2. The number of fused-ring (bicyclic) bond motifs is 29.